The third-order valence-corrected chi connectivity index (χ3v) is 5.66. The predicted molar refractivity (Wildman–Crippen MR) is 105 cm³/mol. The summed E-state index contributed by atoms with van der Waals surface area (Å²) in [4.78, 5) is 22.7. The molecule has 0 atom stereocenters. The molecule has 0 radical (unpaired) electrons. The van der Waals surface area contributed by atoms with E-state index >= 15 is 0 Å². The lowest BCUT2D eigenvalue weighted by Crippen LogP contribution is -2.39. The van der Waals surface area contributed by atoms with Crippen LogP contribution in [0.4, 0.5) is 11.4 Å². The second kappa shape index (κ2) is 8.22. The molecule has 0 fully saturated rings. The molecule has 2 amide bonds. The van der Waals surface area contributed by atoms with Gasteiger partial charge >= 0.3 is 0 Å². The largest absolute Gasteiger partial charge is 0.368 e. The molecule has 27 heavy (non-hydrogen) atoms. The minimum atomic E-state index is -4.03. The number of benzene rings is 2. The van der Waals surface area contributed by atoms with Gasteiger partial charge in [-0.15, -0.1) is 0 Å². The van der Waals surface area contributed by atoms with Crippen LogP contribution in [0.2, 0.25) is 0 Å². The lowest BCUT2D eigenvalue weighted by Gasteiger charge is -2.26. The number of hydrogen-bond acceptors (Lipinski definition) is 4. The number of carbonyl (C=O) groups is 2. The van der Waals surface area contributed by atoms with E-state index in [2.05, 4.69) is 5.32 Å². The van der Waals surface area contributed by atoms with Crippen LogP contribution in [0.3, 0.4) is 0 Å². The van der Waals surface area contributed by atoms with Gasteiger partial charge in [-0.3, -0.25) is 13.9 Å². The summed E-state index contributed by atoms with van der Waals surface area (Å²) < 4.78 is 27.4. The van der Waals surface area contributed by atoms with Crippen molar-refractivity contribution in [1.82, 2.24) is 0 Å². The van der Waals surface area contributed by atoms with Crippen molar-refractivity contribution in [2.24, 2.45) is 5.73 Å². The van der Waals surface area contributed by atoms with E-state index < -0.39 is 22.5 Å². The maximum Gasteiger partial charge on any atom is 0.264 e. The highest BCUT2D eigenvalue weighted by Crippen LogP contribution is 2.31. The number of nitrogens with one attached hydrogen (secondary N) is 1. The fourth-order valence-corrected chi connectivity index (χ4v) is 4.14. The summed E-state index contributed by atoms with van der Waals surface area (Å²) in [5.74, 6) is -0.965. The number of nitrogens with zero attached hydrogens (tertiary/aromatic N) is 1. The molecule has 2 aromatic carbocycles. The van der Waals surface area contributed by atoms with E-state index in [1.165, 1.54) is 31.2 Å². The molecular formula is C19H23N3O4S. The molecule has 8 heteroatoms. The van der Waals surface area contributed by atoms with Crippen molar-refractivity contribution >= 4 is 33.2 Å². The molecule has 3 N–H and O–H groups in total. The van der Waals surface area contributed by atoms with E-state index in [-0.39, 0.29) is 16.7 Å². The topological polar surface area (TPSA) is 110 Å². The fourth-order valence-electron chi connectivity index (χ4n) is 2.68. The van der Waals surface area contributed by atoms with Gasteiger partial charge in [0.2, 0.25) is 11.8 Å². The number of sulfonamides is 1. The van der Waals surface area contributed by atoms with Gasteiger partial charge in [-0.05, 0) is 41.8 Å². The zero-order valence-corrected chi connectivity index (χ0v) is 16.3. The molecular weight excluding hydrogens is 366 g/mol. The molecule has 0 aliphatic rings. The SMILES string of the molecule is CC(=O)Nc1ccc(S(=O)(=O)N(CC(N)=O)c2ccccc2C(C)C)cc1. The first-order valence-corrected chi connectivity index (χ1v) is 9.84. The molecule has 0 bridgehead atoms. The maximum absolute atomic E-state index is 13.2. The number of anilines is 2. The number of primary amides is 1. The van der Waals surface area contributed by atoms with Gasteiger partial charge in [0.25, 0.3) is 10.0 Å². The summed E-state index contributed by atoms with van der Waals surface area (Å²) in [5, 5.41) is 2.58. The average Bonchev–Trinajstić information content (AvgIpc) is 2.59. The monoisotopic (exact) mass is 389 g/mol. The number of para-hydroxylation sites is 1. The lowest BCUT2D eigenvalue weighted by atomic mass is 10.0. The summed E-state index contributed by atoms with van der Waals surface area (Å²) >= 11 is 0. The third kappa shape index (κ3) is 4.85. The summed E-state index contributed by atoms with van der Waals surface area (Å²) in [6, 6.07) is 12.8. The van der Waals surface area contributed by atoms with Gasteiger partial charge in [0.1, 0.15) is 6.54 Å². The van der Waals surface area contributed by atoms with Gasteiger partial charge in [-0.2, -0.15) is 0 Å². The van der Waals surface area contributed by atoms with Crippen molar-refractivity contribution in [3.8, 4) is 0 Å². The van der Waals surface area contributed by atoms with Crippen molar-refractivity contribution in [2.45, 2.75) is 31.6 Å². The Balaban J connectivity index is 2.53. The maximum atomic E-state index is 13.2. The van der Waals surface area contributed by atoms with Crippen molar-refractivity contribution in [1.29, 1.82) is 0 Å². The Morgan fingerprint density at radius 2 is 1.67 bits per heavy atom. The Morgan fingerprint density at radius 3 is 2.19 bits per heavy atom. The number of amides is 2. The summed E-state index contributed by atoms with van der Waals surface area (Å²) in [7, 11) is -4.03. The number of nitrogens with two attached hydrogens (primary N) is 1. The van der Waals surface area contributed by atoms with Crippen LogP contribution in [0, 0.1) is 0 Å². The zero-order chi connectivity index (χ0) is 20.2. The molecule has 144 valence electrons. The molecule has 0 aromatic heterocycles. The van der Waals surface area contributed by atoms with Gasteiger partial charge in [0.05, 0.1) is 10.6 Å². The predicted octanol–water partition coefficient (Wildman–Crippen LogP) is 2.45. The van der Waals surface area contributed by atoms with Crippen molar-refractivity contribution in [3.05, 3.63) is 54.1 Å². The van der Waals surface area contributed by atoms with Crippen LogP contribution in [0.25, 0.3) is 0 Å². The smallest absolute Gasteiger partial charge is 0.264 e. The van der Waals surface area contributed by atoms with Crippen LogP contribution in [0.15, 0.2) is 53.4 Å². The first-order valence-electron chi connectivity index (χ1n) is 8.40. The van der Waals surface area contributed by atoms with E-state index in [1.807, 2.05) is 26.0 Å². The Kier molecular flexibility index (Phi) is 6.22. The fraction of sp³-hybridized carbons (Fsp3) is 0.263. The Bertz CT molecular complexity index is 938. The number of carbonyl (C=O) groups excluding carboxylic acids is 2. The molecule has 0 aliphatic carbocycles. The minimum absolute atomic E-state index is 0.00332. The van der Waals surface area contributed by atoms with Crippen LogP contribution in [0.5, 0.6) is 0 Å². The Hall–Kier alpha value is -2.87. The normalized spacial score (nSPS) is 11.3. The highest BCUT2D eigenvalue weighted by atomic mass is 32.2. The second-order valence-corrected chi connectivity index (χ2v) is 8.26. The van der Waals surface area contributed by atoms with E-state index in [0.29, 0.717) is 11.4 Å². The van der Waals surface area contributed by atoms with Crippen molar-refractivity contribution in [3.63, 3.8) is 0 Å². The minimum Gasteiger partial charge on any atom is -0.368 e. The Labute approximate surface area is 159 Å². The van der Waals surface area contributed by atoms with Gasteiger partial charge in [-0.1, -0.05) is 32.0 Å². The van der Waals surface area contributed by atoms with Crippen LogP contribution in [-0.2, 0) is 19.6 Å². The van der Waals surface area contributed by atoms with E-state index in [0.717, 1.165) is 9.87 Å². The van der Waals surface area contributed by atoms with Crippen molar-refractivity contribution in [2.75, 3.05) is 16.2 Å². The van der Waals surface area contributed by atoms with Crippen LogP contribution < -0.4 is 15.4 Å². The number of rotatable bonds is 7. The summed E-state index contributed by atoms with van der Waals surface area (Å²) in [6.45, 7) is 4.77. The Morgan fingerprint density at radius 1 is 1.07 bits per heavy atom. The first-order chi connectivity index (χ1) is 12.6. The molecule has 7 nitrogen and oxygen atoms in total. The van der Waals surface area contributed by atoms with E-state index in [4.69, 9.17) is 5.73 Å². The lowest BCUT2D eigenvalue weighted by molar-refractivity contribution is -0.116. The van der Waals surface area contributed by atoms with Gasteiger partial charge in [0, 0.05) is 12.6 Å². The summed E-state index contributed by atoms with van der Waals surface area (Å²) in [5.41, 5.74) is 7.00. The average molecular weight is 389 g/mol. The standard InChI is InChI=1S/C19H23N3O4S/c1-13(2)17-6-4-5-7-18(17)22(12-19(20)24)27(25,26)16-10-8-15(9-11-16)21-14(3)23/h4-11,13H,12H2,1-3H3,(H2,20,24)(H,21,23). The van der Waals surface area contributed by atoms with E-state index in [1.54, 1.807) is 12.1 Å². The molecule has 0 heterocycles. The molecule has 0 aliphatic heterocycles. The van der Waals surface area contributed by atoms with Crippen LogP contribution in [0.1, 0.15) is 32.3 Å². The molecule has 2 rings (SSSR count). The number of hydrogen-bond donors (Lipinski definition) is 2. The van der Waals surface area contributed by atoms with Gasteiger partial charge in [0.15, 0.2) is 0 Å². The highest BCUT2D eigenvalue weighted by Gasteiger charge is 2.28. The van der Waals surface area contributed by atoms with Crippen LogP contribution in [-0.4, -0.2) is 26.8 Å². The summed E-state index contributed by atoms with van der Waals surface area (Å²) in [6.07, 6.45) is 0. The zero-order valence-electron chi connectivity index (χ0n) is 15.5. The quantitative estimate of drug-likeness (QED) is 0.758. The highest BCUT2D eigenvalue weighted by molar-refractivity contribution is 7.92. The second-order valence-electron chi connectivity index (χ2n) is 6.40. The van der Waals surface area contributed by atoms with Crippen molar-refractivity contribution < 1.29 is 18.0 Å². The van der Waals surface area contributed by atoms with Gasteiger partial charge < -0.3 is 11.1 Å². The van der Waals surface area contributed by atoms with E-state index in [9.17, 15) is 18.0 Å². The molecule has 0 saturated carbocycles. The molecule has 0 saturated heterocycles. The van der Waals surface area contributed by atoms with Gasteiger partial charge in [-0.25, -0.2) is 8.42 Å². The first kappa shape index (κ1) is 20.4. The third-order valence-electron chi connectivity index (χ3n) is 3.89. The molecule has 0 spiro atoms. The van der Waals surface area contributed by atoms with Crippen LogP contribution >= 0.6 is 0 Å². The molecule has 2 aromatic rings. The molecule has 0 unspecified atom stereocenters.